The number of para-hydroxylation sites is 1. The van der Waals surface area contributed by atoms with Crippen molar-refractivity contribution in [2.24, 2.45) is 4.99 Å². The van der Waals surface area contributed by atoms with E-state index in [1.54, 1.807) is 18.2 Å². The third-order valence-corrected chi connectivity index (χ3v) is 4.92. The first-order chi connectivity index (χ1) is 13.1. The van der Waals surface area contributed by atoms with Crippen LogP contribution in [0.15, 0.2) is 77.8 Å². The van der Waals surface area contributed by atoms with Crippen molar-refractivity contribution in [1.29, 1.82) is 0 Å². The van der Waals surface area contributed by atoms with Crippen LogP contribution in [0.2, 0.25) is 0 Å². The van der Waals surface area contributed by atoms with E-state index in [-0.39, 0.29) is 23.8 Å². The van der Waals surface area contributed by atoms with Gasteiger partial charge in [0.25, 0.3) is 0 Å². The summed E-state index contributed by atoms with van der Waals surface area (Å²) in [5.74, 6) is -0.00689. The Morgan fingerprint density at radius 1 is 0.963 bits per heavy atom. The molecule has 3 nitrogen and oxygen atoms in total. The molecule has 136 valence electrons. The van der Waals surface area contributed by atoms with Gasteiger partial charge >= 0.3 is 0 Å². The first-order valence-electron chi connectivity index (χ1n) is 9.03. The second-order valence-corrected chi connectivity index (χ2v) is 6.88. The molecule has 3 aromatic carbocycles. The Bertz CT molecular complexity index is 964. The molecule has 1 aliphatic heterocycles. The van der Waals surface area contributed by atoms with Crippen molar-refractivity contribution in [3.63, 3.8) is 0 Å². The van der Waals surface area contributed by atoms with E-state index in [1.807, 2.05) is 18.2 Å². The summed E-state index contributed by atoms with van der Waals surface area (Å²) in [7, 11) is 0. The SMILES string of the molecule is Cc1ccc(C2=N[C@@H](c3ccc(F)cc3)N[C@H](c3ccccc3O)C2)cc1. The van der Waals surface area contributed by atoms with Crippen LogP contribution < -0.4 is 5.32 Å². The highest BCUT2D eigenvalue weighted by Crippen LogP contribution is 2.34. The van der Waals surface area contributed by atoms with Gasteiger partial charge in [0.15, 0.2) is 0 Å². The summed E-state index contributed by atoms with van der Waals surface area (Å²) in [5, 5.41) is 13.8. The molecule has 3 aromatic rings. The van der Waals surface area contributed by atoms with Gasteiger partial charge in [-0.05, 0) is 36.2 Å². The third-order valence-electron chi connectivity index (χ3n) is 4.92. The lowest BCUT2D eigenvalue weighted by Gasteiger charge is -2.31. The lowest BCUT2D eigenvalue weighted by molar-refractivity contribution is 0.412. The summed E-state index contributed by atoms with van der Waals surface area (Å²) < 4.78 is 13.3. The van der Waals surface area contributed by atoms with E-state index in [9.17, 15) is 9.50 Å². The molecule has 4 rings (SSSR count). The number of aryl methyl sites for hydroxylation is 1. The van der Waals surface area contributed by atoms with Gasteiger partial charge in [-0.15, -0.1) is 0 Å². The van der Waals surface area contributed by atoms with Crippen LogP contribution in [0.1, 0.15) is 40.9 Å². The molecular weight excluding hydrogens is 339 g/mol. The second-order valence-electron chi connectivity index (χ2n) is 6.88. The van der Waals surface area contributed by atoms with E-state index in [1.165, 1.54) is 17.7 Å². The largest absolute Gasteiger partial charge is 0.508 e. The number of hydrogen-bond acceptors (Lipinski definition) is 3. The zero-order valence-electron chi connectivity index (χ0n) is 15.1. The molecule has 1 aliphatic rings. The van der Waals surface area contributed by atoms with Crippen LogP contribution in [-0.4, -0.2) is 10.8 Å². The van der Waals surface area contributed by atoms with Gasteiger partial charge in [0.2, 0.25) is 0 Å². The molecule has 1 heterocycles. The van der Waals surface area contributed by atoms with Crippen molar-refractivity contribution in [3.8, 4) is 5.75 Å². The smallest absolute Gasteiger partial charge is 0.126 e. The van der Waals surface area contributed by atoms with Crippen molar-refractivity contribution >= 4 is 5.71 Å². The third kappa shape index (κ3) is 3.76. The summed E-state index contributed by atoms with van der Waals surface area (Å²) in [6, 6.07) is 21.9. The topological polar surface area (TPSA) is 44.6 Å². The van der Waals surface area contributed by atoms with Crippen LogP contribution in [-0.2, 0) is 0 Å². The van der Waals surface area contributed by atoms with E-state index in [0.29, 0.717) is 6.42 Å². The van der Waals surface area contributed by atoms with E-state index < -0.39 is 0 Å². The average Bonchev–Trinajstić information content (AvgIpc) is 2.69. The van der Waals surface area contributed by atoms with Crippen LogP contribution >= 0.6 is 0 Å². The molecule has 0 radical (unpaired) electrons. The second kappa shape index (κ2) is 7.33. The molecule has 0 aromatic heterocycles. The Balaban J connectivity index is 1.75. The molecule has 27 heavy (non-hydrogen) atoms. The van der Waals surface area contributed by atoms with Gasteiger partial charge in [-0.1, -0.05) is 60.2 Å². The number of benzene rings is 3. The van der Waals surface area contributed by atoms with Crippen LogP contribution in [0.5, 0.6) is 5.75 Å². The number of nitrogens with one attached hydrogen (secondary N) is 1. The Morgan fingerprint density at radius 2 is 1.67 bits per heavy atom. The molecule has 2 atom stereocenters. The van der Waals surface area contributed by atoms with Gasteiger partial charge in [0, 0.05) is 23.7 Å². The Morgan fingerprint density at radius 3 is 2.37 bits per heavy atom. The molecule has 0 amide bonds. The van der Waals surface area contributed by atoms with Crippen molar-refractivity contribution in [1.82, 2.24) is 5.32 Å². The van der Waals surface area contributed by atoms with Crippen LogP contribution in [0, 0.1) is 12.7 Å². The van der Waals surface area contributed by atoms with E-state index in [0.717, 1.165) is 22.4 Å². The Hall–Kier alpha value is -2.98. The minimum absolute atomic E-state index is 0.0879. The number of phenols is 1. The molecule has 0 unspecified atom stereocenters. The Labute approximate surface area is 158 Å². The fourth-order valence-electron chi connectivity index (χ4n) is 3.42. The summed E-state index contributed by atoms with van der Waals surface area (Å²) in [6.07, 6.45) is 0.360. The summed E-state index contributed by atoms with van der Waals surface area (Å²) >= 11 is 0. The van der Waals surface area contributed by atoms with Gasteiger partial charge in [0.1, 0.15) is 17.7 Å². The van der Waals surface area contributed by atoms with Crippen LogP contribution in [0.3, 0.4) is 0 Å². The van der Waals surface area contributed by atoms with Crippen LogP contribution in [0.4, 0.5) is 4.39 Å². The van der Waals surface area contributed by atoms with Crippen molar-refractivity contribution in [3.05, 3.63) is 101 Å². The average molecular weight is 360 g/mol. The van der Waals surface area contributed by atoms with Crippen molar-refractivity contribution in [2.75, 3.05) is 0 Å². The van der Waals surface area contributed by atoms with Crippen molar-refractivity contribution in [2.45, 2.75) is 25.6 Å². The van der Waals surface area contributed by atoms with E-state index in [2.05, 4.69) is 36.5 Å². The highest BCUT2D eigenvalue weighted by molar-refractivity contribution is 6.01. The highest BCUT2D eigenvalue weighted by atomic mass is 19.1. The monoisotopic (exact) mass is 360 g/mol. The molecule has 0 fully saturated rings. The fraction of sp³-hybridized carbons (Fsp3) is 0.174. The predicted molar refractivity (Wildman–Crippen MR) is 105 cm³/mol. The van der Waals surface area contributed by atoms with Gasteiger partial charge in [-0.3, -0.25) is 10.3 Å². The molecular formula is C23H21FN2O. The van der Waals surface area contributed by atoms with E-state index in [4.69, 9.17) is 4.99 Å². The lowest BCUT2D eigenvalue weighted by atomic mass is 9.93. The first-order valence-corrected chi connectivity index (χ1v) is 9.03. The van der Waals surface area contributed by atoms with Gasteiger partial charge in [0.05, 0.1) is 0 Å². The molecule has 2 N–H and O–H groups in total. The minimum Gasteiger partial charge on any atom is -0.508 e. The normalized spacial score (nSPS) is 19.6. The summed E-state index contributed by atoms with van der Waals surface area (Å²) in [6.45, 7) is 2.06. The number of hydrogen-bond donors (Lipinski definition) is 2. The maximum Gasteiger partial charge on any atom is 0.126 e. The molecule has 4 heteroatoms. The number of nitrogens with zero attached hydrogens (tertiary/aromatic N) is 1. The maximum atomic E-state index is 13.3. The number of rotatable bonds is 3. The number of aliphatic imine (C=N–C) groups is 1. The van der Waals surface area contributed by atoms with Gasteiger partial charge < -0.3 is 5.11 Å². The molecule has 0 saturated carbocycles. The minimum atomic E-state index is -0.305. The van der Waals surface area contributed by atoms with E-state index >= 15 is 0 Å². The molecule has 0 saturated heterocycles. The number of phenolic OH excluding ortho intramolecular Hbond substituents is 1. The first kappa shape index (κ1) is 17.4. The number of halogens is 1. The van der Waals surface area contributed by atoms with Crippen molar-refractivity contribution < 1.29 is 9.50 Å². The molecule has 0 aliphatic carbocycles. The van der Waals surface area contributed by atoms with Gasteiger partial charge in [-0.2, -0.15) is 0 Å². The molecule has 0 spiro atoms. The van der Waals surface area contributed by atoms with Crippen LogP contribution in [0.25, 0.3) is 0 Å². The fourth-order valence-corrected chi connectivity index (χ4v) is 3.42. The summed E-state index contributed by atoms with van der Waals surface area (Å²) in [5.41, 5.74) is 4.96. The quantitative estimate of drug-likeness (QED) is 0.685. The Kier molecular flexibility index (Phi) is 4.73. The standard InChI is InChI=1S/C23H21FN2O/c1-15-6-8-16(9-7-15)20-14-21(19-4-2-3-5-22(19)27)26-23(25-20)17-10-12-18(24)13-11-17/h2-13,21,23,26-27H,14H2,1H3/t21-,23+/m0/s1. The highest BCUT2D eigenvalue weighted by Gasteiger charge is 2.27. The number of aromatic hydroxyl groups is 1. The molecule has 0 bridgehead atoms. The zero-order chi connectivity index (χ0) is 18.8. The summed E-state index contributed by atoms with van der Waals surface area (Å²) in [4.78, 5) is 4.89. The van der Waals surface area contributed by atoms with Gasteiger partial charge in [-0.25, -0.2) is 4.39 Å². The maximum absolute atomic E-state index is 13.3. The predicted octanol–water partition coefficient (Wildman–Crippen LogP) is 5.06. The lowest BCUT2D eigenvalue weighted by Crippen LogP contribution is -2.33. The zero-order valence-corrected chi connectivity index (χ0v) is 15.1.